The van der Waals surface area contributed by atoms with E-state index in [1.54, 1.807) is 43.0 Å². The molecule has 0 aliphatic rings. The highest BCUT2D eigenvalue weighted by Crippen LogP contribution is 2.15. The summed E-state index contributed by atoms with van der Waals surface area (Å²) >= 11 is 1.54. The highest BCUT2D eigenvalue weighted by Gasteiger charge is 2.33. The molecule has 0 heterocycles. The Morgan fingerprint density at radius 1 is 0.720 bits per heavy atom. The lowest BCUT2D eigenvalue weighted by atomic mass is 9.96. The zero-order valence-corrected chi connectivity index (χ0v) is 29.7. The number of carbonyl (C=O) groups excluding carboxylic acids is 4. The van der Waals surface area contributed by atoms with Crippen LogP contribution in [-0.2, 0) is 36.8 Å². The number of nitrogens with one attached hydrogen (secondary N) is 4. The minimum atomic E-state index is -1.34. The number of thioether (sulfide) groups is 1. The van der Waals surface area contributed by atoms with Gasteiger partial charge in [-0.05, 0) is 85.5 Å². The van der Waals surface area contributed by atoms with Crippen molar-refractivity contribution in [2.24, 2.45) is 17.4 Å². The van der Waals surface area contributed by atoms with Crippen molar-refractivity contribution in [2.45, 2.75) is 89.0 Å². The van der Waals surface area contributed by atoms with Gasteiger partial charge in [-0.25, -0.2) is 4.79 Å². The Labute approximate surface area is 297 Å². The van der Waals surface area contributed by atoms with E-state index in [1.165, 1.54) is 24.3 Å². The average Bonchev–Trinajstić information content (AvgIpc) is 3.09. The molecule has 276 valence electrons. The summed E-state index contributed by atoms with van der Waals surface area (Å²) in [6.07, 6.45) is 3.87. The maximum atomic E-state index is 13.9. The predicted molar refractivity (Wildman–Crippen MR) is 192 cm³/mol. The van der Waals surface area contributed by atoms with Crippen LogP contribution in [0, 0.1) is 5.92 Å². The maximum Gasteiger partial charge on any atom is 0.326 e. The summed E-state index contributed by atoms with van der Waals surface area (Å²) < 4.78 is 0. The Bertz CT molecular complexity index is 1390. The molecule has 2 aromatic rings. The summed E-state index contributed by atoms with van der Waals surface area (Å²) in [5.74, 6) is -3.49. The first kappa shape index (κ1) is 41.8. The molecule has 4 amide bonds. The lowest BCUT2D eigenvalue weighted by Crippen LogP contribution is -2.60. The quantitative estimate of drug-likeness (QED) is 0.0783. The number of carbonyl (C=O) groups is 5. The van der Waals surface area contributed by atoms with E-state index in [9.17, 15) is 39.3 Å². The van der Waals surface area contributed by atoms with Crippen LogP contribution in [0.4, 0.5) is 0 Å². The third-order valence-electron chi connectivity index (χ3n) is 8.34. The molecule has 0 saturated carbocycles. The number of aliphatic carboxylic acids is 1. The minimum Gasteiger partial charge on any atom is -0.508 e. The van der Waals surface area contributed by atoms with Gasteiger partial charge in [-0.2, -0.15) is 11.8 Å². The van der Waals surface area contributed by atoms with Crippen LogP contribution >= 0.6 is 11.8 Å². The van der Waals surface area contributed by atoms with Crippen LogP contribution < -0.4 is 32.7 Å². The van der Waals surface area contributed by atoms with Gasteiger partial charge in [0.25, 0.3) is 0 Å². The van der Waals surface area contributed by atoms with E-state index in [0.717, 1.165) is 0 Å². The van der Waals surface area contributed by atoms with Crippen molar-refractivity contribution in [1.82, 2.24) is 21.3 Å². The van der Waals surface area contributed by atoms with Crippen molar-refractivity contribution in [3.05, 3.63) is 59.7 Å². The Morgan fingerprint density at radius 3 is 1.72 bits per heavy atom. The highest BCUT2D eigenvalue weighted by molar-refractivity contribution is 7.98. The molecule has 0 spiro atoms. The number of benzene rings is 2. The lowest BCUT2D eigenvalue weighted by Gasteiger charge is -2.28. The van der Waals surface area contributed by atoms with E-state index in [1.807, 2.05) is 13.2 Å². The van der Waals surface area contributed by atoms with E-state index in [-0.39, 0.29) is 36.7 Å². The number of unbranched alkanes of at least 4 members (excludes halogenated alkanes) is 1. The smallest absolute Gasteiger partial charge is 0.326 e. The molecule has 0 unspecified atom stereocenters. The van der Waals surface area contributed by atoms with Crippen LogP contribution in [0.3, 0.4) is 0 Å². The number of phenolic OH excluding ortho intramolecular Hbond substituents is 2. The molecule has 6 atom stereocenters. The molecule has 0 radical (unpaired) electrons. The molecule has 0 saturated heterocycles. The maximum absolute atomic E-state index is 13.9. The van der Waals surface area contributed by atoms with Crippen molar-refractivity contribution >= 4 is 41.4 Å². The van der Waals surface area contributed by atoms with Crippen LogP contribution in [0.1, 0.15) is 57.1 Å². The average molecular weight is 717 g/mol. The standard InChI is InChI=1S/C35H52N6O8S/c1-4-21(2)30(41-31(44)26(37)16-18-50-3)34(47)39-28(19-22-8-12-24(42)13-9-22)33(46)38-27(7-5-6-17-36)32(45)40-29(35(48)49)20-23-10-14-25(43)15-11-23/h8-15,21,26-30,42-43H,4-7,16-20,36-37H2,1-3H3,(H,38,46)(H,39,47)(H,40,45)(H,41,44)(H,48,49)/t21-,26-,27-,28-,29-,30-/m0/s1. The number of amides is 4. The minimum absolute atomic E-state index is 0.00748. The van der Waals surface area contributed by atoms with E-state index in [0.29, 0.717) is 49.1 Å². The summed E-state index contributed by atoms with van der Waals surface area (Å²) in [6, 6.07) is 6.39. The molecule has 2 aromatic carbocycles. The summed E-state index contributed by atoms with van der Waals surface area (Å²) in [4.78, 5) is 66.2. The predicted octanol–water partition coefficient (Wildman–Crippen LogP) is 1.16. The molecule has 0 aliphatic carbocycles. The van der Waals surface area contributed by atoms with Gasteiger partial charge in [0, 0.05) is 12.8 Å². The van der Waals surface area contributed by atoms with E-state index in [4.69, 9.17) is 11.5 Å². The van der Waals surface area contributed by atoms with Gasteiger partial charge in [0.05, 0.1) is 6.04 Å². The number of hydrogen-bond donors (Lipinski definition) is 9. The van der Waals surface area contributed by atoms with Gasteiger partial charge in [0.1, 0.15) is 35.7 Å². The normalized spacial score (nSPS) is 14.7. The first-order valence-electron chi connectivity index (χ1n) is 16.7. The molecule has 0 aromatic heterocycles. The number of hydrogen-bond acceptors (Lipinski definition) is 10. The number of carboxylic acids is 1. The Morgan fingerprint density at radius 2 is 1.22 bits per heavy atom. The first-order valence-corrected chi connectivity index (χ1v) is 18.1. The van der Waals surface area contributed by atoms with Gasteiger partial charge in [-0.3, -0.25) is 19.2 Å². The van der Waals surface area contributed by atoms with Crippen LogP contribution in [-0.4, -0.2) is 93.7 Å². The van der Waals surface area contributed by atoms with Gasteiger partial charge in [-0.1, -0.05) is 44.5 Å². The van der Waals surface area contributed by atoms with E-state index >= 15 is 0 Å². The highest BCUT2D eigenvalue weighted by atomic mass is 32.2. The van der Waals surface area contributed by atoms with Gasteiger partial charge in [0.2, 0.25) is 23.6 Å². The zero-order valence-electron chi connectivity index (χ0n) is 28.9. The fourth-order valence-corrected chi connectivity index (χ4v) is 5.54. The molecular weight excluding hydrogens is 664 g/mol. The van der Waals surface area contributed by atoms with Crippen molar-refractivity contribution in [3.63, 3.8) is 0 Å². The van der Waals surface area contributed by atoms with Gasteiger partial charge in [0.15, 0.2) is 0 Å². The molecule has 11 N–H and O–H groups in total. The van der Waals surface area contributed by atoms with E-state index in [2.05, 4.69) is 21.3 Å². The summed E-state index contributed by atoms with van der Waals surface area (Å²) in [6.45, 7) is 3.99. The van der Waals surface area contributed by atoms with Crippen LogP contribution in [0.15, 0.2) is 48.5 Å². The Balaban J connectivity index is 2.34. The monoisotopic (exact) mass is 716 g/mol. The second kappa shape index (κ2) is 21.7. The second-order valence-electron chi connectivity index (χ2n) is 12.3. The Hall–Kier alpha value is -4.34. The fourth-order valence-electron chi connectivity index (χ4n) is 5.05. The number of rotatable bonds is 22. The van der Waals surface area contributed by atoms with Gasteiger partial charge < -0.3 is 48.1 Å². The topological polar surface area (TPSA) is 246 Å². The second-order valence-corrected chi connectivity index (χ2v) is 13.3. The third-order valence-corrected chi connectivity index (χ3v) is 8.99. The van der Waals surface area contributed by atoms with Crippen LogP contribution in [0.5, 0.6) is 11.5 Å². The third kappa shape index (κ3) is 14.3. The summed E-state index contributed by atoms with van der Waals surface area (Å²) in [5, 5.41) is 39.9. The summed E-state index contributed by atoms with van der Waals surface area (Å²) in [5.41, 5.74) is 12.9. The molecule has 2 rings (SSSR count). The molecule has 0 aliphatic heterocycles. The molecule has 0 fully saturated rings. The number of phenols is 2. The van der Waals surface area contributed by atoms with Gasteiger partial charge >= 0.3 is 5.97 Å². The Kier molecular flexibility index (Phi) is 18.1. The SMILES string of the molecule is CC[C@H](C)[C@H](NC(=O)[C@@H](N)CCSC)C(=O)N[C@@H](Cc1ccc(O)cc1)C(=O)N[C@@H](CCCCN)C(=O)N[C@@H](Cc1ccc(O)cc1)C(=O)O. The number of carboxylic acid groups (broad SMARTS) is 1. The number of aromatic hydroxyl groups is 2. The number of nitrogens with two attached hydrogens (primary N) is 2. The molecular formula is C35H52N6O8S. The largest absolute Gasteiger partial charge is 0.508 e. The van der Waals surface area contributed by atoms with Crippen LogP contribution in [0.2, 0.25) is 0 Å². The molecule has 14 nitrogen and oxygen atoms in total. The molecule has 50 heavy (non-hydrogen) atoms. The molecule has 0 bridgehead atoms. The van der Waals surface area contributed by atoms with Crippen molar-refractivity contribution in [2.75, 3.05) is 18.6 Å². The fraction of sp³-hybridized carbons (Fsp3) is 0.514. The lowest BCUT2D eigenvalue weighted by molar-refractivity contribution is -0.142. The van der Waals surface area contributed by atoms with Crippen molar-refractivity contribution < 1.29 is 39.3 Å². The van der Waals surface area contributed by atoms with Crippen molar-refractivity contribution in [3.8, 4) is 11.5 Å². The van der Waals surface area contributed by atoms with Crippen molar-refractivity contribution in [1.29, 1.82) is 0 Å². The first-order chi connectivity index (χ1) is 23.8. The van der Waals surface area contributed by atoms with E-state index < -0.39 is 59.8 Å². The zero-order chi connectivity index (χ0) is 37.2. The van der Waals surface area contributed by atoms with Gasteiger partial charge in [-0.15, -0.1) is 0 Å². The molecule has 15 heteroatoms. The summed E-state index contributed by atoms with van der Waals surface area (Å²) in [7, 11) is 0. The van der Waals surface area contributed by atoms with Crippen LogP contribution in [0.25, 0.3) is 0 Å².